The van der Waals surface area contributed by atoms with Crippen molar-refractivity contribution in [2.45, 2.75) is 18.1 Å². The molecule has 19 heavy (non-hydrogen) atoms. The van der Waals surface area contributed by atoms with Gasteiger partial charge in [0, 0.05) is 15.9 Å². The van der Waals surface area contributed by atoms with Crippen LogP contribution in [0.2, 0.25) is 0 Å². The van der Waals surface area contributed by atoms with E-state index in [0.29, 0.717) is 22.7 Å². The standard InChI is InChI=1S/C11H11BrN2O3S2/c1-6-3-4-8(5-9(6)12)14-19(16,17)10-7(2)13-11(15)18-10/h3-5,14H,1-2H3,(H,13,15). The number of sulfonamides is 1. The molecule has 0 saturated heterocycles. The predicted octanol–water partition coefficient (Wildman–Crippen LogP) is 2.62. The van der Waals surface area contributed by atoms with Crippen molar-refractivity contribution in [2.24, 2.45) is 0 Å². The molecule has 1 heterocycles. The molecule has 1 aromatic carbocycles. The Bertz CT molecular complexity index is 777. The Balaban J connectivity index is 2.39. The highest BCUT2D eigenvalue weighted by molar-refractivity contribution is 9.10. The fraction of sp³-hybridized carbons (Fsp3) is 0.182. The summed E-state index contributed by atoms with van der Waals surface area (Å²) < 4.78 is 27.6. The lowest BCUT2D eigenvalue weighted by atomic mass is 10.2. The molecule has 0 bridgehead atoms. The summed E-state index contributed by atoms with van der Waals surface area (Å²) in [5, 5.41) is 0. The predicted molar refractivity (Wildman–Crippen MR) is 79.4 cm³/mol. The molecule has 0 radical (unpaired) electrons. The van der Waals surface area contributed by atoms with Gasteiger partial charge >= 0.3 is 4.87 Å². The second kappa shape index (κ2) is 5.10. The largest absolute Gasteiger partial charge is 0.315 e. The molecule has 2 rings (SSSR count). The Morgan fingerprint density at radius 2 is 2.00 bits per heavy atom. The molecule has 0 aliphatic rings. The minimum Gasteiger partial charge on any atom is -0.315 e. The van der Waals surface area contributed by atoms with Crippen LogP contribution >= 0.6 is 27.3 Å². The highest BCUT2D eigenvalue weighted by atomic mass is 79.9. The molecule has 0 unspecified atom stereocenters. The van der Waals surface area contributed by atoms with Crippen LogP contribution in [0.3, 0.4) is 0 Å². The summed E-state index contributed by atoms with van der Waals surface area (Å²) in [5.74, 6) is 0. The van der Waals surface area contributed by atoms with Gasteiger partial charge in [0.15, 0.2) is 4.21 Å². The zero-order valence-electron chi connectivity index (χ0n) is 10.2. The number of thiazole rings is 1. The number of H-pyrrole nitrogens is 1. The van der Waals surface area contributed by atoms with Crippen LogP contribution in [0.5, 0.6) is 0 Å². The average molecular weight is 363 g/mol. The Morgan fingerprint density at radius 1 is 1.32 bits per heavy atom. The maximum Gasteiger partial charge on any atom is 0.306 e. The number of nitrogens with one attached hydrogen (secondary N) is 2. The zero-order valence-corrected chi connectivity index (χ0v) is 13.4. The number of anilines is 1. The topological polar surface area (TPSA) is 79.0 Å². The van der Waals surface area contributed by atoms with Gasteiger partial charge in [0.05, 0.1) is 0 Å². The van der Waals surface area contributed by atoms with Crippen molar-refractivity contribution in [3.8, 4) is 0 Å². The lowest BCUT2D eigenvalue weighted by Gasteiger charge is -2.08. The molecule has 0 saturated carbocycles. The third kappa shape index (κ3) is 3.07. The van der Waals surface area contributed by atoms with Gasteiger partial charge in [-0.25, -0.2) is 8.42 Å². The van der Waals surface area contributed by atoms with Crippen molar-refractivity contribution in [3.05, 3.63) is 43.6 Å². The Labute approximate surface area is 122 Å². The number of hydrogen-bond acceptors (Lipinski definition) is 4. The lowest BCUT2D eigenvalue weighted by Crippen LogP contribution is -2.12. The number of aromatic nitrogens is 1. The summed E-state index contributed by atoms with van der Waals surface area (Å²) in [4.78, 5) is 13.2. The summed E-state index contributed by atoms with van der Waals surface area (Å²) in [6.07, 6.45) is 0. The lowest BCUT2D eigenvalue weighted by molar-refractivity contribution is 0.602. The summed E-state index contributed by atoms with van der Waals surface area (Å²) in [7, 11) is -3.74. The molecule has 0 fully saturated rings. The van der Waals surface area contributed by atoms with E-state index >= 15 is 0 Å². The number of aryl methyl sites for hydroxylation is 2. The summed E-state index contributed by atoms with van der Waals surface area (Å²) in [6, 6.07) is 5.15. The van der Waals surface area contributed by atoms with Crippen LogP contribution in [-0.4, -0.2) is 13.4 Å². The van der Waals surface area contributed by atoms with Gasteiger partial charge in [0.25, 0.3) is 10.0 Å². The molecular formula is C11H11BrN2O3S2. The second-order valence-electron chi connectivity index (χ2n) is 4.00. The van der Waals surface area contributed by atoms with Gasteiger partial charge in [-0.3, -0.25) is 9.52 Å². The molecule has 5 nitrogen and oxygen atoms in total. The number of benzene rings is 1. The first-order valence-electron chi connectivity index (χ1n) is 5.28. The van der Waals surface area contributed by atoms with E-state index in [1.807, 2.05) is 6.92 Å². The number of rotatable bonds is 3. The number of aromatic amines is 1. The Morgan fingerprint density at radius 3 is 2.53 bits per heavy atom. The van der Waals surface area contributed by atoms with Gasteiger partial charge in [-0.1, -0.05) is 33.3 Å². The van der Waals surface area contributed by atoms with E-state index in [-0.39, 0.29) is 9.08 Å². The van der Waals surface area contributed by atoms with Gasteiger partial charge in [-0.15, -0.1) is 0 Å². The first-order chi connectivity index (χ1) is 8.79. The average Bonchev–Trinajstić information content (AvgIpc) is 2.63. The molecule has 1 aromatic heterocycles. The third-order valence-corrected chi connectivity index (χ3v) is 6.29. The molecule has 0 atom stereocenters. The van der Waals surface area contributed by atoms with Gasteiger partial charge in [0.1, 0.15) is 0 Å². The first kappa shape index (κ1) is 14.3. The van der Waals surface area contributed by atoms with E-state index in [4.69, 9.17) is 0 Å². The smallest absolute Gasteiger partial charge is 0.306 e. The SMILES string of the molecule is Cc1ccc(NS(=O)(=O)c2sc(=O)[nH]c2C)cc1Br. The van der Waals surface area contributed by atoms with Crippen molar-refractivity contribution in [3.63, 3.8) is 0 Å². The fourth-order valence-electron chi connectivity index (χ4n) is 1.50. The molecular weight excluding hydrogens is 352 g/mol. The van der Waals surface area contributed by atoms with Crippen molar-refractivity contribution >= 4 is 43.0 Å². The van der Waals surface area contributed by atoms with Crippen LogP contribution in [0.1, 0.15) is 11.3 Å². The minimum atomic E-state index is -3.74. The molecule has 0 aliphatic heterocycles. The fourth-order valence-corrected chi connectivity index (χ4v) is 4.24. The highest BCUT2D eigenvalue weighted by Crippen LogP contribution is 2.24. The molecule has 102 valence electrons. The normalized spacial score (nSPS) is 11.5. The van der Waals surface area contributed by atoms with Crippen LogP contribution in [0, 0.1) is 13.8 Å². The summed E-state index contributed by atoms with van der Waals surface area (Å²) in [5.41, 5.74) is 1.79. The number of halogens is 1. The van der Waals surface area contributed by atoms with Crippen LogP contribution in [0.15, 0.2) is 31.7 Å². The van der Waals surface area contributed by atoms with Crippen molar-refractivity contribution in [1.29, 1.82) is 0 Å². The van der Waals surface area contributed by atoms with Crippen molar-refractivity contribution in [1.82, 2.24) is 4.98 Å². The van der Waals surface area contributed by atoms with Crippen LogP contribution in [0.4, 0.5) is 5.69 Å². The van der Waals surface area contributed by atoms with E-state index < -0.39 is 10.0 Å². The highest BCUT2D eigenvalue weighted by Gasteiger charge is 2.20. The summed E-state index contributed by atoms with van der Waals surface area (Å²) in [6.45, 7) is 3.46. The molecule has 0 aliphatic carbocycles. The van der Waals surface area contributed by atoms with Crippen molar-refractivity contribution in [2.75, 3.05) is 4.72 Å². The second-order valence-corrected chi connectivity index (χ2v) is 7.71. The molecule has 8 heteroatoms. The number of hydrogen-bond donors (Lipinski definition) is 2. The van der Waals surface area contributed by atoms with E-state index in [9.17, 15) is 13.2 Å². The van der Waals surface area contributed by atoms with Gasteiger partial charge < -0.3 is 4.98 Å². The van der Waals surface area contributed by atoms with Crippen molar-refractivity contribution < 1.29 is 8.42 Å². The Hall–Kier alpha value is -1.12. The first-order valence-corrected chi connectivity index (χ1v) is 8.37. The molecule has 0 amide bonds. The van der Waals surface area contributed by atoms with Gasteiger partial charge in [-0.2, -0.15) is 0 Å². The zero-order chi connectivity index (χ0) is 14.2. The van der Waals surface area contributed by atoms with E-state index in [0.717, 1.165) is 10.0 Å². The van der Waals surface area contributed by atoms with Gasteiger partial charge in [-0.05, 0) is 31.5 Å². The van der Waals surface area contributed by atoms with E-state index in [2.05, 4.69) is 25.6 Å². The molecule has 2 aromatic rings. The maximum absolute atomic E-state index is 12.2. The quantitative estimate of drug-likeness (QED) is 0.880. The van der Waals surface area contributed by atoms with Crippen LogP contribution in [-0.2, 0) is 10.0 Å². The van der Waals surface area contributed by atoms with Gasteiger partial charge in [0.2, 0.25) is 0 Å². The minimum absolute atomic E-state index is 0.00852. The van der Waals surface area contributed by atoms with E-state index in [1.54, 1.807) is 25.1 Å². The van der Waals surface area contributed by atoms with Crippen LogP contribution in [0.25, 0.3) is 0 Å². The monoisotopic (exact) mass is 362 g/mol. The Kier molecular flexibility index (Phi) is 3.84. The van der Waals surface area contributed by atoms with Crippen LogP contribution < -0.4 is 9.60 Å². The maximum atomic E-state index is 12.2. The summed E-state index contributed by atoms with van der Waals surface area (Å²) >= 11 is 4.01. The molecule has 2 N–H and O–H groups in total. The third-order valence-electron chi connectivity index (χ3n) is 2.45. The molecule has 0 spiro atoms. The van der Waals surface area contributed by atoms with E-state index in [1.165, 1.54) is 0 Å².